The van der Waals surface area contributed by atoms with Crippen molar-refractivity contribution in [3.63, 3.8) is 0 Å². The Hall–Kier alpha value is -0.940. The van der Waals surface area contributed by atoms with E-state index in [0.717, 1.165) is 5.01 Å². The van der Waals surface area contributed by atoms with Crippen LogP contribution >= 0.6 is 11.3 Å². The molecule has 0 radical (unpaired) electrons. The average molecular weight is 298 g/mol. The third-order valence-corrected chi connectivity index (χ3v) is 4.67. The van der Waals surface area contributed by atoms with E-state index in [9.17, 15) is 9.90 Å². The number of aromatic nitrogens is 1. The molecule has 2 N–H and O–H groups in total. The van der Waals surface area contributed by atoms with Crippen LogP contribution < -0.4 is 5.32 Å². The van der Waals surface area contributed by atoms with Gasteiger partial charge in [0.25, 0.3) is 5.91 Å². The molecule has 1 aromatic rings. The van der Waals surface area contributed by atoms with E-state index in [1.165, 1.54) is 11.3 Å². The molecule has 0 bridgehead atoms. The standard InChI is InChI=1S/C15H26N2O2S/c1-9(2)12(18)15(5,6)8-17-13(19)11-7-16-14(20-11)10(3)4/h7,9-10,12,18H,8H2,1-6H3,(H,17,19). The van der Waals surface area contributed by atoms with Gasteiger partial charge in [0.1, 0.15) is 4.88 Å². The lowest BCUT2D eigenvalue weighted by Gasteiger charge is -2.33. The zero-order chi connectivity index (χ0) is 15.5. The fraction of sp³-hybridized carbons (Fsp3) is 0.733. The summed E-state index contributed by atoms with van der Waals surface area (Å²) in [6.45, 7) is 12.4. The maximum atomic E-state index is 12.1. The van der Waals surface area contributed by atoms with Crippen molar-refractivity contribution in [3.05, 3.63) is 16.1 Å². The van der Waals surface area contributed by atoms with Gasteiger partial charge in [0.05, 0.1) is 17.3 Å². The van der Waals surface area contributed by atoms with Crippen molar-refractivity contribution in [1.29, 1.82) is 0 Å². The maximum absolute atomic E-state index is 12.1. The maximum Gasteiger partial charge on any atom is 0.263 e. The Morgan fingerprint density at radius 2 is 2.00 bits per heavy atom. The van der Waals surface area contributed by atoms with Crippen LogP contribution in [0, 0.1) is 11.3 Å². The lowest BCUT2D eigenvalue weighted by molar-refractivity contribution is 0.0138. The molecule has 1 rings (SSSR count). The molecule has 0 spiro atoms. The van der Waals surface area contributed by atoms with E-state index in [1.807, 2.05) is 27.7 Å². The fourth-order valence-electron chi connectivity index (χ4n) is 2.06. The summed E-state index contributed by atoms with van der Waals surface area (Å²) in [5.74, 6) is 0.386. The molecule has 5 heteroatoms. The van der Waals surface area contributed by atoms with Crippen molar-refractivity contribution in [2.75, 3.05) is 6.54 Å². The van der Waals surface area contributed by atoms with Gasteiger partial charge in [0.2, 0.25) is 0 Å². The lowest BCUT2D eigenvalue weighted by Crippen LogP contribution is -2.43. The van der Waals surface area contributed by atoms with Gasteiger partial charge in [-0.05, 0) is 5.92 Å². The van der Waals surface area contributed by atoms with Crippen LogP contribution in [0.25, 0.3) is 0 Å². The number of carbonyl (C=O) groups is 1. The summed E-state index contributed by atoms with van der Waals surface area (Å²) >= 11 is 1.43. The number of amides is 1. The monoisotopic (exact) mass is 298 g/mol. The molecule has 0 aliphatic carbocycles. The van der Waals surface area contributed by atoms with Crippen molar-refractivity contribution >= 4 is 17.2 Å². The van der Waals surface area contributed by atoms with Crippen molar-refractivity contribution < 1.29 is 9.90 Å². The van der Waals surface area contributed by atoms with E-state index < -0.39 is 6.10 Å². The number of hydrogen-bond acceptors (Lipinski definition) is 4. The minimum atomic E-state index is -0.449. The number of thiazole rings is 1. The van der Waals surface area contributed by atoms with Crippen molar-refractivity contribution in [1.82, 2.24) is 10.3 Å². The zero-order valence-corrected chi connectivity index (χ0v) is 14.0. The van der Waals surface area contributed by atoms with E-state index in [-0.39, 0.29) is 17.2 Å². The second-order valence-electron chi connectivity index (χ2n) is 6.58. The van der Waals surface area contributed by atoms with Crippen molar-refractivity contribution in [3.8, 4) is 0 Å². The van der Waals surface area contributed by atoms with Crippen LogP contribution in [0.3, 0.4) is 0 Å². The zero-order valence-electron chi connectivity index (χ0n) is 13.2. The van der Waals surface area contributed by atoms with Crippen LogP contribution in [0.2, 0.25) is 0 Å². The van der Waals surface area contributed by atoms with Gasteiger partial charge in [-0.25, -0.2) is 4.98 Å². The number of aliphatic hydroxyl groups is 1. The minimum Gasteiger partial charge on any atom is -0.392 e. The molecule has 1 heterocycles. The summed E-state index contributed by atoms with van der Waals surface area (Å²) in [5.41, 5.74) is -0.352. The summed E-state index contributed by atoms with van der Waals surface area (Å²) in [7, 11) is 0. The third-order valence-electron chi connectivity index (χ3n) is 3.38. The van der Waals surface area contributed by atoms with Crippen LogP contribution in [0.15, 0.2) is 6.20 Å². The van der Waals surface area contributed by atoms with Crippen molar-refractivity contribution in [2.45, 2.75) is 53.6 Å². The number of nitrogens with one attached hydrogen (secondary N) is 1. The Labute approximate surface area is 125 Å². The molecule has 4 nitrogen and oxygen atoms in total. The molecule has 0 aliphatic heterocycles. The first kappa shape index (κ1) is 17.1. The Morgan fingerprint density at radius 1 is 1.40 bits per heavy atom. The number of rotatable bonds is 6. The summed E-state index contributed by atoms with van der Waals surface area (Å²) in [6.07, 6.45) is 1.18. The minimum absolute atomic E-state index is 0.113. The van der Waals surface area contributed by atoms with E-state index in [4.69, 9.17) is 0 Å². The predicted molar refractivity (Wildman–Crippen MR) is 83.2 cm³/mol. The molecular weight excluding hydrogens is 272 g/mol. The largest absolute Gasteiger partial charge is 0.392 e. The smallest absolute Gasteiger partial charge is 0.263 e. The summed E-state index contributed by atoms with van der Waals surface area (Å²) in [5, 5.41) is 14.0. The molecule has 1 atom stereocenters. The SMILES string of the molecule is CC(C)c1ncc(C(=O)NCC(C)(C)C(O)C(C)C)s1. The van der Waals surface area contributed by atoms with E-state index in [1.54, 1.807) is 6.20 Å². The third kappa shape index (κ3) is 4.28. The van der Waals surface area contributed by atoms with Gasteiger partial charge in [0, 0.05) is 17.9 Å². The van der Waals surface area contributed by atoms with Crippen LogP contribution in [0.5, 0.6) is 0 Å². The van der Waals surface area contributed by atoms with E-state index in [0.29, 0.717) is 17.3 Å². The molecule has 0 saturated heterocycles. The summed E-state index contributed by atoms with van der Waals surface area (Å²) in [6, 6.07) is 0. The van der Waals surface area contributed by atoms with Crippen molar-refractivity contribution in [2.24, 2.45) is 11.3 Å². The molecule has 1 aromatic heterocycles. The molecule has 20 heavy (non-hydrogen) atoms. The second kappa shape index (κ2) is 6.68. The first-order valence-electron chi connectivity index (χ1n) is 7.07. The van der Waals surface area contributed by atoms with E-state index in [2.05, 4.69) is 24.1 Å². The van der Waals surface area contributed by atoms with Gasteiger partial charge < -0.3 is 10.4 Å². The number of aliphatic hydroxyl groups excluding tert-OH is 1. The Bertz CT molecular complexity index is 452. The highest BCUT2D eigenvalue weighted by atomic mass is 32.1. The highest BCUT2D eigenvalue weighted by Crippen LogP contribution is 2.26. The first-order valence-corrected chi connectivity index (χ1v) is 7.88. The first-order chi connectivity index (χ1) is 9.15. The topological polar surface area (TPSA) is 62.2 Å². The molecule has 0 fully saturated rings. The van der Waals surface area contributed by atoms with Gasteiger partial charge in [-0.15, -0.1) is 11.3 Å². The Balaban J connectivity index is 2.62. The van der Waals surface area contributed by atoms with E-state index >= 15 is 0 Å². The second-order valence-corrected chi connectivity index (χ2v) is 7.64. The predicted octanol–water partition coefficient (Wildman–Crippen LogP) is 3.04. The number of hydrogen-bond donors (Lipinski definition) is 2. The van der Waals surface area contributed by atoms with Gasteiger partial charge in [-0.1, -0.05) is 41.5 Å². The Morgan fingerprint density at radius 3 is 2.45 bits per heavy atom. The van der Waals surface area contributed by atoms with Crippen LogP contribution in [-0.4, -0.2) is 28.6 Å². The van der Waals surface area contributed by atoms with Gasteiger partial charge >= 0.3 is 0 Å². The Kier molecular flexibility index (Phi) is 5.71. The molecule has 1 amide bonds. The highest BCUT2D eigenvalue weighted by Gasteiger charge is 2.30. The van der Waals surface area contributed by atoms with Gasteiger partial charge in [0.15, 0.2) is 0 Å². The quantitative estimate of drug-likeness (QED) is 0.848. The molecule has 0 aliphatic rings. The van der Waals surface area contributed by atoms with Crippen LogP contribution in [-0.2, 0) is 0 Å². The average Bonchev–Trinajstić information content (AvgIpc) is 2.84. The highest BCUT2D eigenvalue weighted by molar-refractivity contribution is 7.13. The molecule has 0 saturated carbocycles. The van der Waals surface area contributed by atoms with Crippen LogP contribution in [0.4, 0.5) is 0 Å². The summed E-state index contributed by atoms with van der Waals surface area (Å²) in [4.78, 5) is 17.0. The molecule has 0 aromatic carbocycles. The summed E-state index contributed by atoms with van der Waals surface area (Å²) < 4.78 is 0. The molecule has 1 unspecified atom stereocenters. The molecular formula is C15H26N2O2S. The van der Waals surface area contributed by atoms with Gasteiger partial charge in [-0.3, -0.25) is 4.79 Å². The number of nitrogens with zero attached hydrogens (tertiary/aromatic N) is 1. The lowest BCUT2D eigenvalue weighted by atomic mass is 9.81. The number of carbonyl (C=O) groups excluding carboxylic acids is 1. The van der Waals surface area contributed by atoms with Crippen LogP contribution in [0.1, 0.15) is 62.1 Å². The normalized spacial score (nSPS) is 13.8. The van der Waals surface area contributed by atoms with Gasteiger partial charge in [-0.2, -0.15) is 0 Å². The molecule has 114 valence electrons. The fourth-order valence-corrected chi connectivity index (χ4v) is 2.90.